The van der Waals surface area contributed by atoms with Gasteiger partial charge in [-0.25, -0.2) is 4.79 Å². The molecule has 3 heteroatoms. The van der Waals surface area contributed by atoms with Gasteiger partial charge in [-0.2, -0.15) is 0 Å². The highest BCUT2D eigenvalue weighted by Gasteiger charge is 2.32. The van der Waals surface area contributed by atoms with Crippen molar-refractivity contribution >= 4 is 11.7 Å². The van der Waals surface area contributed by atoms with Gasteiger partial charge < -0.3 is 4.84 Å². The summed E-state index contributed by atoms with van der Waals surface area (Å²) in [4.78, 5) is 16.1. The highest BCUT2D eigenvalue weighted by Crippen LogP contribution is 2.22. The molecule has 78 valence electrons. The van der Waals surface area contributed by atoms with Gasteiger partial charge in [-0.3, -0.25) is 0 Å². The standard InChI is InChI=1S/C12H13NO2/c1-2-6-10-11(13-15-12(10)14)9-7-4-3-5-8-9/h3-5,7-8,10H,2,6H2,1H3. The number of hydrogen-bond donors (Lipinski definition) is 0. The highest BCUT2D eigenvalue weighted by molar-refractivity contribution is 6.13. The molecule has 0 aliphatic carbocycles. The van der Waals surface area contributed by atoms with E-state index in [1.807, 2.05) is 37.3 Å². The maximum absolute atomic E-state index is 11.4. The molecule has 0 spiro atoms. The second-order valence-electron chi connectivity index (χ2n) is 3.59. The summed E-state index contributed by atoms with van der Waals surface area (Å²) in [5.41, 5.74) is 1.74. The molecule has 0 saturated heterocycles. The first kappa shape index (κ1) is 9.90. The molecule has 15 heavy (non-hydrogen) atoms. The number of carbonyl (C=O) groups excluding carboxylic acids is 1. The van der Waals surface area contributed by atoms with Crippen LogP contribution in [0.25, 0.3) is 0 Å². The van der Waals surface area contributed by atoms with Crippen molar-refractivity contribution in [3.8, 4) is 0 Å². The van der Waals surface area contributed by atoms with E-state index in [1.165, 1.54) is 0 Å². The Morgan fingerprint density at radius 1 is 1.33 bits per heavy atom. The lowest BCUT2D eigenvalue weighted by molar-refractivity contribution is -0.143. The molecule has 0 radical (unpaired) electrons. The van der Waals surface area contributed by atoms with Crippen LogP contribution in [0.1, 0.15) is 25.3 Å². The molecule has 2 rings (SSSR count). The lowest BCUT2D eigenvalue weighted by atomic mass is 9.93. The van der Waals surface area contributed by atoms with Crippen molar-refractivity contribution in [1.29, 1.82) is 0 Å². The van der Waals surface area contributed by atoms with Crippen LogP contribution in [0.4, 0.5) is 0 Å². The second kappa shape index (κ2) is 4.26. The Balaban J connectivity index is 2.26. The molecule has 0 fully saturated rings. The lowest BCUT2D eigenvalue weighted by Crippen LogP contribution is -2.18. The summed E-state index contributed by atoms with van der Waals surface area (Å²) in [6.45, 7) is 2.05. The summed E-state index contributed by atoms with van der Waals surface area (Å²) in [6.07, 6.45) is 1.75. The van der Waals surface area contributed by atoms with E-state index in [1.54, 1.807) is 0 Å². The molecule has 0 aromatic heterocycles. The number of nitrogens with zero attached hydrogens (tertiary/aromatic N) is 1. The van der Waals surface area contributed by atoms with Crippen molar-refractivity contribution in [1.82, 2.24) is 0 Å². The normalized spacial score (nSPS) is 19.9. The van der Waals surface area contributed by atoms with E-state index in [-0.39, 0.29) is 11.9 Å². The lowest BCUT2D eigenvalue weighted by Gasteiger charge is -2.06. The SMILES string of the molecule is CCCC1C(=O)ON=C1c1ccccc1. The molecule has 1 aromatic carbocycles. The topological polar surface area (TPSA) is 38.7 Å². The molecule has 0 amide bonds. The molecule has 1 atom stereocenters. The van der Waals surface area contributed by atoms with Crippen molar-refractivity contribution in [3.05, 3.63) is 35.9 Å². The number of oxime groups is 1. The molecular formula is C12H13NO2. The number of carbonyl (C=O) groups is 1. The van der Waals surface area contributed by atoms with Crippen LogP contribution < -0.4 is 0 Å². The van der Waals surface area contributed by atoms with Gasteiger partial charge >= 0.3 is 5.97 Å². The molecule has 1 unspecified atom stereocenters. The van der Waals surface area contributed by atoms with Gasteiger partial charge in [0.15, 0.2) is 0 Å². The fraction of sp³-hybridized carbons (Fsp3) is 0.333. The maximum Gasteiger partial charge on any atom is 0.344 e. The van der Waals surface area contributed by atoms with Crippen LogP contribution in [0.15, 0.2) is 35.5 Å². The van der Waals surface area contributed by atoms with Gasteiger partial charge in [0.25, 0.3) is 0 Å². The molecular weight excluding hydrogens is 190 g/mol. The second-order valence-corrected chi connectivity index (χ2v) is 3.59. The minimum atomic E-state index is -0.226. The van der Waals surface area contributed by atoms with Gasteiger partial charge in [0.05, 0.1) is 0 Å². The summed E-state index contributed by atoms with van der Waals surface area (Å²) >= 11 is 0. The van der Waals surface area contributed by atoms with Crippen LogP contribution in [0.3, 0.4) is 0 Å². The molecule has 1 aromatic rings. The molecule has 1 heterocycles. The molecule has 1 aliphatic rings. The Kier molecular flexibility index (Phi) is 2.81. The van der Waals surface area contributed by atoms with Gasteiger partial charge in [0.2, 0.25) is 0 Å². The van der Waals surface area contributed by atoms with E-state index in [0.717, 1.165) is 24.1 Å². The average Bonchev–Trinajstić information content (AvgIpc) is 2.63. The first-order chi connectivity index (χ1) is 7.33. The summed E-state index contributed by atoms with van der Waals surface area (Å²) in [7, 11) is 0. The molecule has 3 nitrogen and oxygen atoms in total. The molecule has 0 saturated carbocycles. The average molecular weight is 203 g/mol. The molecule has 0 bridgehead atoms. The van der Waals surface area contributed by atoms with Crippen molar-refractivity contribution in [2.75, 3.05) is 0 Å². The monoisotopic (exact) mass is 203 g/mol. The zero-order valence-electron chi connectivity index (χ0n) is 8.64. The van der Waals surface area contributed by atoms with Crippen LogP contribution in [0.5, 0.6) is 0 Å². The van der Waals surface area contributed by atoms with Gasteiger partial charge in [-0.1, -0.05) is 48.8 Å². The highest BCUT2D eigenvalue weighted by atomic mass is 16.7. The van der Waals surface area contributed by atoms with Gasteiger partial charge in [0.1, 0.15) is 11.6 Å². The first-order valence-electron chi connectivity index (χ1n) is 5.17. The van der Waals surface area contributed by atoms with Crippen LogP contribution in [-0.4, -0.2) is 11.7 Å². The molecule has 1 aliphatic heterocycles. The third kappa shape index (κ3) is 1.91. The fourth-order valence-electron chi connectivity index (χ4n) is 1.74. The Labute approximate surface area is 88.7 Å². The minimum Gasteiger partial charge on any atom is -0.317 e. The van der Waals surface area contributed by atoms with Crippen molar-refractivity contribution in [2.45, 2.75) is 19.8 Å². The van der Waals surface area contributed by atoms with Crippen LogP contribution in [0.2, 0.25) is 0 Å². The van der Waals surface area contributed by atoms with Crippen molar-refractivity contribution < 1.29 is 9.63 Å². The summed E-state index contributed by atoms with van der Waals surface area (Å²) < 4.78 is 0. The smallest absolute Gasteiger partial charge is 0.317 e. The third-order valence-electron chi connectivity index (χ3n) is 2.50. The number of rotatable bonds is 3. The van der Waals surface area contributed by atoms with Crippen LogP contribution >= 0.6 is 0 Å². The van der Waals surface area contributed by atoms with Crippen molar-refractivity contribution in [2.24, 2.45) is 11.1 Å². The van der Waals surface area contributed by atoms with E-state index >= 15 is 0 Å². The van der Waals surface area contributed by atoms with Crippen LogP contribution in [-0.2, 0) is 9.63 Å². The van der Waals surface area contributed by atoms with E-state index in [4.69, 9.17) is 4.84 Å². The number of benzene rings is 1. The summed E-state index contributed by atoms with van der Waals surface area (Å²) in [6, 6.07) is 9.71. The zero-order chi connectivity index (χ0) is 10.7. The Morgan fingerprint density at radius 3 is 2.73 bits per heavy atom. The Morgan fingerprint density at radius 2 is 2.07 bits per heavy atom. The predicted molar refractivity (Wildman–Crippen MR) is 57.5 cm³/mol. The van der Waals surface area contributed by atoms with Crippen molar-refractivity contribution in [3.63, 3.8) is 0 Å². The minimum absolute atomic E-state index is 0.183. The number of hydrogen-bond acceptors (Lipinski definition) is 3. The fourth-order valence-corrected chi connectivity index (χ4v) is 1.74. The quantitative estimate of drug-likeness (QED) is 0.707. The first-order valence-corrected chi connectivity index (χ1v) is 5.17. The van der Waals surface area contributed by atoms with Gasteiger partial charge in [0, 0.05) is 5.56 Å². The Hall–Kier alpha value is -1.64. The Bertz CT molecular complexity index is 384. The maximum atomic E-state index is 11.4. The van der Waals surface area contributed by atoms with E-state index < -0.39 is 0 Å². The van der Waals surface area contributed by atoms with Crippen LogP contribution in [0, 0.1) is 5.92 Å². The van der Waals surface area contributed by atoms with E-state index in [0.29, 0.717) is 0 Å². The third-order valence-corrected chi connectivity index (χ3v) is 2.50. The van der Waals surface area contributed by atoms with Gasteiger partial charge in [-0.15, -0.1) is 0 Å². The zero-order valence-corrected chi connectivity index (χ0v) is 8.64. The van der Waals surface area contributed by atoms with Gasteiger partial charge in [-0.05, 0) is 6.42 Å². The van der Waals surface area contributed by atoms with E-state index in [9.17, 15) is 4.79 Å². The predicted octanol–water partition coefficient (Wildman–Crippen LogP) is 2.36. The summed E-state index contributed by atoms with van der Waals surface area (Å²) in [5.74, 6) is -0.409. The summed E-state index contributed by atoms with van der Waals surface area (Å²) in [5, 5.41) is 3.85. The molecule has 0 N–H and O–H groups in total. The largest absolute Gasteiger partial charge is 0.344 e. The van der Waals surface area contributed by atoms with E-state index in [2.05, 4.69) is 5.16 Å².